The molecule has 0 radical (unpaired) electrons. The Morgan fingerprint density at radius 1 is 1.05 bits per heavy atom. The molecule has 0 spiro atoms. The maximum atomic E-state index is 11.9. The zero-order chi connectivity index (χ0) is 14.5. The summed E-state index contributed by atoms with van der Waals surface area (Å²) in [6.45, 7) is 0.130. The van der Waals surface area contributed by atoms with Crippen LogP contribution in [-0.2, 0) is 4.79 Å². The minimum absolute atomic E-state index is 0.130. The lowest BCUT2D eigenvalue weighted by Crippen LogP contribution is -2.22. The fraction of sp³-hybridized carbons (Fsp3) is 0.0714. The first-order chi connectivity index (χ1) is 9.58. The van der Waals surface area contributed by atoms with Gasteiger partial charge in [-0.1, -0.05) is 41.4 Å². The third-order valence-electron chi connectivity index (χ3n) is 2.54. The lowest BCUT2D eigenvalue weighted by Gasteiger charge is -2.10. The molecule has 2 aromatic carbocycles. The average Bonchev–Trinajstić information content (AvgIpc) is 2.43. The number of nitrogens with one attached hydrogen (secondary N) is 2. The van der Waals surface area contributed by atoms with Gasteiger partial charge in [0.05, 0.1) is 22.3 Å². The Morgan fingerprint density at radius 2 is 1.75 bits per heavy atom. The summed E-state index contributed by atoms with van der Waals surface area (Å²) in [5.74, 6) is -0.204. The second kappa shape index (κ2) is 6.97. The van der Waals surface area contributed by atoms with E-state index in [1.807, 2.05) is 24.3 Å². The van der Waals surface area contributed by atoms with Crippen LogP contribution in [0.1, 0.15) is 0 Å². The normalized spacial score (nSPS) is 10.2. The Balaban J connectivity index is 1.96. The van der Waals surface area contributed by atoms with Crippen LogP contribution in [0.3, 0.4) is 0 Å². The minimum atomic E-state index is -0.204. The second-order valence-electron chi connectivity index (χ2n) is 3.98. The monoisotopic (exact) mass is 372 g/mol. The molecule has 0 bridgehead atoms. The summed E-state index contributed by atoms with van der Waals surface area (Å²) in [6.07, 6.45) is 0. The largest absolute Gasteiger partial charge is 0.375 e. The predicted molar refractivity (Wildman–Crippen MR) is 87.7 cm³/mol. The van der Waals surface area contributed by atoms with Gasteiger partial charge in [0.25, 0.3) is 0 Å². The van der Waals surface area contributed by atoms with Crippen molar-refractivity contribution in [3.8, 4) is 0 Å². The molecule has 2 rings (SSSR count). The molecule has 0 aliphatic carbocycles. The summed E-state index contributed by atoms with van der Waals surface area (Å²) in [7, 11) is 0. The molecule has 6 heteroatoms. The zero-order valence-corrected chi connectivity index (χ0v) is 13.4. The van der Waals surface area contributed by atoms with Gasteiger partial charge < -0.3 is 10.6 Å². The van der Waals surface area contributed by atoms with Gasteiger partial charge in [0.15, 0.2) is 0 Å². The summed E-state index contributed by atoms with van der Waals surface area (Å²) < 4.78 is 0.897. The van der Waals surface area contributed by atoms with Crippen molar-refractivity contribution in [3.05, 3.63) is 57.0 Å². The van der Waals surface area contributed by atoms with Crippen molar-refractivity contribution in [2.24, 2.45) is 0 Å². The highest BCUT2D eigenvalue weighted by Crippen LogP contribution is 2.29. The van der Waals surface area contributed by atoms with E-state index in [1.165, 1.54) is 0 Å². The van der Waals surface area contributed by atoms with E-state index in [1.54, 1.807) is 18.2 Å². The molecule has 0 atom stereocenters. The number of carbonyl (C=O) groups excluding carboxylic acids is 1. The first kappa shape index (κ1) is 15.2. The molecule has 0 fully saturated rings. The summed E-state index contributed by atoms with van der Waals surface area (Å²) in [4.78, 5) is 11.9. The van der Waals surface area contributed by atoms with E-state index in [-0.39, 0.29) is 12.5 Å². The van der Waals surface area contributed by atoms with Crippen LogP contribution in [0.25, 0.3) is 0 Å². The van der Waals surface area contributed by atoms with Crippen LogP contribution in [0.2, 0.25) is 10.0 Å². The number of rotatable bonds is 4. The molecule has 104 valence electrons. The minimum Gasteiger partial charge on any atom is -0.375 e. The number of amides is 1. The molecule has 0 heterocycles. The van der Waals surface area contributed by atoms with Crippen molar-refractivity contribution in [2.45, 2.75) is 0 Å². The SMILES string of the molecule is O=C(CNc1ccccc1Br)Nc1cccc(Cl)c1Cl. The molecule has 0 saturated carbocycles. The van der Waals surface area contributed by atoms with E-state index in [4.69, 9.17) is 23.2 Å². The average molecular weight is 374 g/mol. The van der Waals surface area contributed by atoms with E-state index < -0.39 is 0 Å². The van der Waals surface area contributed by atoms with Crippen LogP contribution in [0, 0.1) is 0 Å². The number of halogens is 3. The highest BCUT2D eigenvalue weighted by molar-refractivity contribution is 9.10. The Kier molecular flexibility index (Phi) is 5.29. The van der Waals surface area contributed by atoms with Crippen molar-refractivity contribution in [3.63, 3.8) is 0 Å². The van der Waals surface area contributed by atoms with Gasteiger partial charge >= 0.3 is 0 Å². The van der Waals surface area contributed by atoms with Crippen molar-refractivity contribution >= 4 is 56.4 Å². The van der Waals surface area contributed by atoms with Gasteiger partial charge in [-0.15, -0.1) is 0 Å². The van der Waals surface area contributed by atoms with Gasteiger partial charge in [-0.3, -0.25) is 4.79 Å². The molecular weight excluding hydrogens is 363 g/mol. The van der Waals surface area contributed by atoms with Crippen LogP contribution in [0.4, 0.5) is 11.4 Å². The van der Waals surface area contributed by atoms with Crippen molar-refractivity contribution < 1.29 is 4.79 Å². The standard InChI is InChI=1S/C14H11BrCl2N2O/c15-9-4-1-2-6-11(9)18-8-13(20)19-12-7-3-5-10(16)14(12)17/h1-7,18H,8H2,(H,19,20). The van der Waals surface area contributed by atoms with Crippen LogP contribution >= 0.6 is 39.1 Å². The predicted octanol–water partition coefficient (Wildman–Crippen LogP) is 4.81. The highest BCUT2D eigenvalue weighted by Gasteiger charge is 2.08. The quantitative estimate of drug-likeness (QED) is 0.807. The van der Waals surface area contributed by atoms with Gasteiger partial charge in [-0.25, -0.2) is 0 Å². The second-order valence-corrected chi connectivity index (χ2v) is 5.62. The zero-order valence-electron chi connectivity index (χ0n) is 10.3. The van der Waals surface area contributed by atoms with E-state index in [9.17, 15) is 4.79 Å². The maximum Gasteiger partial charge on any atom is 0.243 e. The number of hydrogen-bond acceptors (Lipinski definition) is 2. The Labute approximate surface area is 135 Å². The van der Waals surface area contributed by atoms with Gasteiger partial charge in [-0.05, 0) is 40.2 Å². The number of anilines is 2. The molecule has 0 saturated heterocycles. The Hall–Kier alpha value is -1.23. The first-order valence-electron chi connectivity index (χ1n) is 5.80. The number of hydrogen-bond donors (Lipinski definition) is 2. The van der Waals surface area contributed by atoms with Gasteiger partial charge in [0, 0.05) is 10.2 Å². The lowest BCUT2D eigenvalue weighted by molar-refractivity contribution is -0.114. The molecular formula is C14H11BrCl2N2O. The Bertz CT molecular complexity index is 634. The fourth-order valence-electron chi connectivity index (χ4n) is 1.57. The number of carbonyl (C=O) groups is 1. The third kappa shape index (κ3) is 3.88. The van der Waals surface area contributed by atoms with E-state index in [0.29, 0.717) is 15.7 Å². The van der Waals surface area contributed by atoms with Crippen molar-refractivity contribution in [2.75, 3.05) is 17.2 Å². The smallest absolute Gasteiger partial charge is 0.243 e. The molecule has 1 amide bonds. The maximum absolute atomic E-state index is 11.9. The number of para-hydroxylation sites is 1. The summed E-state index contributed by atoms with van der Waals surface area (Å²) >= 11 is 15.3. The molecule has 2 N–H and O–H groups in total. The summed E-state index contributed by atoms with van der Waals surface area (Å²) in [6, 6.07) is 12.7. The molecule has 20 heavy (non-hydrogen) atoms. The van der Waals surface area contributed by atoms with Crippen LogP contribution < -0.4 is 10.6 Å². The van der Waals surface area contributed by atoms with Gasteiger partial charge in [0.2, 0.25) is 5.91 Å². The summed E-state index contributed by atoms with van der Waals surface area (Å²) in [5, 5.41) is 6.48. The molecule has 0 unspecified atom stereocenters. The van der Waals surface area contributed by atoms with Crippen LogP contribution in [0.15, 0.2) is 46.9 Å². The molecule has 0 aliphatic heterocycles. The van der Waals surface area contributed by atoms with Gasteiger partial charge in [-0.2, -0.15) is 0 Å². The first-order valence-corrected chi connectivity index (χ1v) is 7.35. The van der Waals surface area contributed by atoms with E-state index in [0.717, 1.165) is 10.2 Å². The highest BCUT2D eigenvalue weighted by atomic mass is 79.9. The number of benzene rings is 2. The molecule has 0 aliphatic rings. The third-order valence-corrected chi connectivity index (χ3v) is 4.05. The van der Waals surface area contributed by atoms with Gasteiger partial charge in [0.1, 0.15) is 0 Å². The van der Waals surface area contributed by atoms with Crippen LogP contribution in [0.5, 0.6) is 0 Å². The lowest BCUT2D eigenvalue weighted by atomic mass is 10.3. The topological polar surface area (TPSA) is 41.1 Å². The fourth-order valence-corrected chi connectivity index (χ4v) is 2.35. The van der Waals surface area contributed by atoms with Crippen LogP contribution in [-0.4, -0.2) is 12.5 Å². The van der Waals surface area contributed by atoms with Crippen molar-refractivity contribution in [1.82, 2.24) is 0 Å². The molecule has 2 aromatic rings. The molecule has 0 aromatic heterocycles. The molecule has 3 nitrogen and oxygen atoms in total. The van der Waals surface area contributed by atoms with E-state index in [2.05, 4.69) is 26.6 Å². The van der Waals surface area contributed by atoms with Crippen molar-refractivity contribution in [1.29, 1.82) is 0 Å². The van der Waals surface area contributed by atoms with E-state index >= 15 is 0 Å². The summed E-state index contributed by atoms with van der Waals surface area (Å²) in [5.41, 5.74) is 1.35. The Morgan fingerprint density at radius 3 is 2.50 bits per heavy atom.